The summed E-state index contributed by atoms with van der Waals surface area (Å²) in [4.78, 5) is 12.0. The summed E-state index contributed by atoms with van der Waals surface area (Å²) in [5, 5.41) is 2.85. The first-order chi connectivity index (χ1) is 8.90. The Bertz CT molecular complexity index is 432. The van der Waals surface area contributed by atoms with Crippen molar-refractivity contribution in [1.82, 2.24) is 5.32 Å². The van der Waals surface area contributed by atoms with E-state index in [4.69, 9.17) is 5.73 Å². The molecule has 0 heterocycles. The van der Waals surface area contributed by atoms with Gasteiger partial charge >= 0.3 is 0 Å². The second-order valence-corrected chi connectivity index (χ2v) is 5.43. The van der Waals surface area contributed by atoms with Crippen LogP contribution < -0.4 is 11.1 Å². The van der Waals surface area contributed by atoms with Crippen LogP contribution in [0.4, 0.5) is 10.1 Å². The molecule has 4 heteroatoms. The van der Waals surface area contributed by atoms with Crippen LogP contribution in [-0.4, -0.2) is 11.9 Å². The lowest BCUT2D eigenvalue weighted by Gasteiger charge is -2.15. The molecule has 1 amide bonds. The number of hydrogen-bond acceptors (Lipinski definition) is 2. The SMILES string of the molecule is CC(C)CCCC(C)NC(=O)c1cc(F)ccc1N. The highest BCUT2D eigenvalue weighted by molar-refractivity contribution is 5.99. The Labute approximate surface area is 114 Å². The Morgan fingerprint density at radius 3 is 2.63 bits per heavy atom. The van der Waals surface area contributed by atoms with Gasteiger partial charge in [0.15, 0.2) is 0 Å². The number of carbonyl (C=O) groups excluding carboxylic acids is 1. The molecule has 0 aliphatic carbocycles. The number of anilines is 1. The maximum atomic E-state index is 13.1. The number of nitrogens with one attached hydrogen (secondary N) is 1. The van der Waals surface area contributed by atoms with E-state index in [2.05, 4.69) is 19.2 Å². The molecule has 0 fully saturated rings. The molecule has 1 rings (SSSR count). The average Bonchev–Trinajstić information content (AvgIpc) is 2.31. The van der Waals surface area contributed by atoms with E-state index in [1.807, 2.05) is 6.92 Å². The van der Waals surface area contributed by atoms with Crippen LogP contribution in [0.25, 0.3) is 0 Å². The zero-order valence-electron chi connectivity index (χ0n) is 11.9. The summed E-state index contributed by atoms with van der Waals surface area (Å²) in [5.74, 6) is -0.0948. The Kier molecular flexibility index (Phi) is 5.80. The highest BCUT2D eigenvalue weighted by atomic mass is 19.1. The van der Waals surface area contributed by atoms with Crippen LogP contribution in [0.5, 0.6) is 0 Å². The van der Waals surface area contributed by atoms with Crippen molar-refractivity contribution in [2.24, 2.45) is 5.92 Å². The van der Waals surface area contributed by atoms with Crippen molar-refractivity contribution in [3.8, 4) is 0 Å². The van der Waals surface area contributed by atoms with Crippen LogP contribution in [0.3, 0.4) is 0 Å². The van der Waals surface area contributed by atoms with E-state index < -0.39 is 5.82 Å². The van der Waals surface area contributed by atoms with Crippen LogP contribution in [0.15, 0.2) is 18.2 Å². The molecule has 0 saturated carbocycles. The van der Waals surface area contributed by atoms with E-state index in [0.29, 0.717) is 11.6 Å². The zero-order valence-corrected chi connectivity index (χ0v) is 11.9. The van der Waals surface area contributed by atoms with Gasteiger partial charge < -0.3 is 11.1 Å². The van der Waals surface area contributed by atoms with Gasteiger partial charge in [0.1, 0.15) is 5.82 Å². The number of halogens is 1. The minimum Gasteiger partial charge on any atom is -0.398 e. The maximum Gasteiger partial charge on any atom is 0.253 e. The van der Waals surface area contributed by atoms with Crippen LogP contribution in [0, 0.1) is 11.7 Å². The molecule has 0 spiro atoms. The lowest BCUT2D eigenvalue weighted by Crippen LogP contribution is -2.33. The molecule has 0 aromatic heterocycles. The number of carbonyl (C=O) groups is 1. The Morgan fingerprint density at radius 2 is 2.00 bits per heavy atom. The number of rotatable bonds is 6. The normalized spacial score (nSPS) is 12.5. The van der Waals surface area contributed by atoms with Gasteiger partial charge in [-0.1, -0.05) is 26.7 Å². The molecular formula is C15H23FN2O. The first-order valence-corrected chi connectivity index (χ1v) is 6.76. The molecule has 106 valence electrons. The topological polar surface area (TPSA) is 55.1 Å². The van der Waals surface area contributed by atoms with Crippen molar-refractivity contribution in [2.45, 2.75) is 46.1 Å². The summed E-state index contributed by atoms with van der Waals surface area (Å²) in [5.41, 5.74) is 6.18. The Hall–Kier alpha value is -1.58. The van der Waals surface area contributed by atoms with Gasteiger partial charge in [-0.15, -0.1) is 0 Å². The fourth-order valence-corrected chi connectivity index (χ4v) is 1.93. The number of benzene rings is 1. The van der Waals surface area contributed by atoms with Crippen LogP contribution in [0.1, 0.15) is 50.4 Å². The van der Waals surface area contributed by atoms with Gasteiger partial charge in [0, 0.05) is 11.7 Å². The first-order valence-electron chi connectivity index (χ1n) is 6.76. The summed E-state index contributed by atoms with van der Waals surface area (Å²) in [6.07, 6.45) is 3.12. The molecule has 1 atom stereocenters. The third-order valence-corrected chi connectivity index (χ3v) is 3.06. The number of hydrogen-bond donors (Lipinski definition) is 2. The van der Waals surface area contributed by atoms with Crippen molar-refractivity contribution in [1.29, 1.82) is 0 Å². The second-order valence-electron chi connectivity index (χ2n) is 5.43. The van der Waals surface area contributed by atoms with Crippen molar-refractivity contribution in [2.75, 3.05) is 5.73 Å². The highest BCUT2D eigenvalue weighted by Gasteiger charge is 2.13. The molecule has 0 radical (unpaired) electrons. The zero-order chi connectivity index (χ0) is 14.4. The van der Waals surface area contributed by atoms with E-state index in [1.165, 1.54) is 18.2 Å². The third kappa shape index (κ3) is 5.28. The van der Waals surface area contributed by atoms with E-state index in [0.717, 1.165) is 19.3 Å². The van der Waals surface area contributed by atoms with E-state index in [9.17, 15) is 9.18 Å². The summed E-state index contributed by atoms with van der Waals surface area (Å²) in [6.45, 7) is 6.31. The van der Waals surface area contributed by atoms with Crippen molar-refractivity contribution < 1.29 is 9.18 Å². The summed E-state index contributed by atoms with van der Waals surface area (Å²) in [7, 11) is 0. The van der Waals surface area contributed by atoms with Gasteiger partial charge in [0.2, 0.25) is 0 Å². The van der Waals surface area contributed by atoms with Gasteiger partial charge in [0.05, 0.1) is 5.56 Å². The number of nitrogen functional groups attached to an aromatic ring is 1. The summed E-state index contributed by atoms with van der Waals surface area (Å²) < 4.78 is 13.1. The average molecular weight is 266 g/mol. The lowest BCUT2D eigenvalue weighted by atomic mass is 10.0. The van der Waals surface area contributed by atoms with Crippen molar-refractivity contribution >= 4 is 11.6 Å². The van der Waals surface area contributed by atoms with E-state index in [1.54, 1.807) is 0 Å². The van der Waals surface area contributed by atoms with Gasteiger partial charge in [0.25, 0.3) is 5.91 Å². The van der Waals surface area contributed by atoms with Crippen LogP contribution in [0.2, 0.25) is 0 Å². The minimum atomic E-state index is -0.452. The molecule has 1 aromatic carbocycles. The Morgan fingerprint density at radius 1 is 1.32 bits per heavy atom. The number of amides is 1. The van der Waals surface area contributed by atoms with Crippen LogP contribution in [-0.2, 0) is 0 Å². The van der Waals surface area contributed by atoms with Gasteiger partial charge in [-0.3, -0.25) is 4.79 Å². The van der Waals surface area contributed by atoms with E-state index >= 15 is 0 Å². The van der Waals surface area contributed by atoms with Crippen molar-refractivity contribution in [3.63, 3.8) is 0 Å². The molecule has 0 bridgehead atoms. The predicted octanol–water partition coefficient (Wildman–Crippen LogP) is 3.35. The summed E-state index contributed by atoms with van der Waals surface area (Å²) in [6, 6.07) is 3.89. The standard InChI is InChI=1S/C15H23FN2O/c1-10(2)5-4-6-11(3)18-15(19)13-9-12(16)7-8-14(13)17/h7-11H,4-6,17H2,1-3H3,(H,18,19). The first kappa shape index (κ1) is 15.5. The third-order valence-electron chi connectivity index (χ3n) is 3.06. The molecular weight excluding hydrogens is 243 g/mol. The molecule has 1 unspecified atom stereocenters. The fourth-order valence-electron chi connectivity index (χ4n) is 1.93. The lowest BCUT2D eigenvalue weighted by molar-refractivity contribution is 0.0938. The summed E-state index contributed by atoms with van der Waals surface area (Å²) >= 11 is 0. The molecule has 0 saturated heterocycles. The molecule has 0 aliphatic rings. The van der Waals surface area contributed by atoms with Gasteiger partial charge in [-0.25, -0.2) is 4.39 Å². The fraction of sp³-hybridized carbons (Fsp3) is 0.533. The van der Waals surface area contributed by atoms with Crippen LogP contribution >= 0.6 is 0 Å². The predicted molar refractivity (Wildman–Crippen MR) is 76.4 cm³/mol. The highest BCUT2D eigenvalue weighted by Crippen LogP contribution is 2.14. The molecule has 19 heavy (non-hydrogen) atoms. The molecule has 0 aliphatic heterocycles. The second kappa shape index (κ2) is 7.12. The maximum absolute atomic E-state index is 13.1. The quantitative estimate of drug-likeness (QED) is 0.776. The monoisotopic (exact) mass is 266 g/mol. The number of nitrogens with two attached hydrogens (primary N) is 1. The van der Waals surface area contributed by atoms with E-state index in [-0.39, 0.29) is 17.5 Å². The Balaban J connectivity index is 2.52. The smallest absolute Gasteiger partial charge is 0.253 e. The molecule has 1 aromatic rings. The van der Waals surface area contributed by atoms with Crippen molar-refractivity contribution in [3.05, 3.63) is 29.6 Å². The minimum absolute atomic E-state index is 0.0638. The van der Waals surface area contributed by atoms with Gasteiger partial charge in [-0.2, -0.15) is 0 Å². The molecule has 3 N–H and O–H groups in total. The van der Waals surface area contributed by atoms with Gasteiger partial charge in [-0.05, 0) is 37.5 Å². The molecule has 3 nitrogen and oxygen atoms in total. The largest absolute Gasteiger partial charge is 0.398 e.